The Bertz CT molecular complexity index is 1800. The quantitative estimate of drug-likeness (QED) is 0.253. The fourth-order valence-electron chi connectivity index (χ4n) is 5.31. The van der Waals surface area contributed by atoms with Crippen molar-refractivity contribution in [2.24, 2.45) is 0 Å². The number of nitrogens with one attached hydrogen (secondary N) is 1. The van der Waals surface area contributed by atoms with E-state index in [2.05, 4.69) is 21.4 Å². The number of carbonyl (C=O) groups excluding carboxylic acids is 2. The van der Waals surface area contributed by atoms with Crippen LogP contribution in [-0.2, 0) is 13.0 Å². The lowest BCUT2D eigenvalue weighted by Crippen LogP contribution is -2.27. The summed E-state index contributed by atoms with van der Waals surface area (Å²) in [5.41, 5.74) is 13.9. The van der Waals surface area contributed by atoms with Crippen molar-refractivity contribution in [3.05, 3.63) is 86.3 Å². The van der Waals surface area contributed by atoms with Gasteiger partial charge in [-0.25, -0.2) is 9.97 Å². The highest BCUT2D eigenvalue weighted by Gasteiger charge is 2.25. The van der Waals surface area contributed by atoms with Crippen LogP contribution in [0.2, 0.25) is 0 Å². The van der Waals surface area contributed by atoms with E-state index in [-0.39, 0.29) is 11.8 Å². The van der Waals surface area contributed by atoms with Crippen LogP contribution in [0.5, 0.6) is 0 Å². The van der Waals surface area contributed by atoms with Gasteiger partial charge >= 0.3 is 0 Å². The van der Waals surface area contributed by atoms with Gasteiger partial charge in [0.1, 0.15) is 0 Å². The zero-order valence-electron chi connectivity index (χ0n) is 23.3. The Morgan fingerprint density at radius 3 is 2.07 bits per heavy atom. The van der Waals surface area contributed by atoms with Gasteiger partial charge in [0.25, 0.3) is 11.8 Å². The second kappa shape index (κ2) is 10.7. The minimum Gasteiger partial charge on any atom is -0.399 e. The number of amides is 2. The monoisotopic (exact) mass is 582 g/mol. The van der Waals surface area contributed by atoms with E-state index in [1.165, 1.54) is 22.7 Å². The summed E-state index contributed by atoms with van der Waals surface area (Å²) in [4.78, 5) is 40.6. The van der Waals surface area contributed by atoms with Crippen LogP contribution >= 0.6 is 22.7 Å². The lowest BCUT2D eigenvalue weighted by Gasteiger charge is -2.23. The Kier molecular flexibility index (Phi) is 7.06. The third-order valence-corrected chi connectivity index (χ3v) is 9.71. The first kappa shape index (κ1) is 27.1. The van der Waals surface area contributed by atoms with Gasteiger partial charge in [-0.05, 0) is 66.4 Å². The molecule has 2 amide bonds. The SMILES string of the molecule is Cc1c(-c2cccc(N(C)C(=O)c3nc4ccc(N)cc4s3)c2C)cccc1N(C)C(=O)c1nc2c(s1)CNCC2. The van der Waals surface area contributed by atoms with Crippen molar-refractivity contribution in [2.75, 3.05) is 36.2 Å². The summed E-state index contributed by atoms with van der Waals surface area (Å²) in [6.45, 7) is 5.69. The van der Waals surface area contributed by atoms with E-state index in [0.29, 0.717) is 15.7 Å². The van der Waals surface area contributed by atoms with Crippen LogP contribution in [0, 0.1) is 13.8 Å². The molecule has 41 heavy (non-hydrogen) atoms. The molecule has 3 N–H and O–H groups in total. The second-order valence-corrected chi connectivity index (χ2v) is 12.3. The molecule has 1 aliphatic heterocycles. The van der Waals surface area contributed by atoms with E-state index in [4.69, 9.17) is 5.73 Å². The maximum absolute atomic E-state index is 13.5. The zero-order chi connectivity index (χ0) is 28.8. The van der Waals surface area contributed by atoms with Crippen molar-refractivity contribution in [3.8, 4) is 11.1 Å². The summed E-state index contributed by atoms with van der Waals surface area (Å²) in [5, 5.41) is 4.27. The second-order valence-electron chi connectivity index (χ2n) is 10.2. The van der Waals surface area contributed by atoms with Gasteiger partial charge < -0.3 is 20.9 Å². The van der Waals surface area contributed by atoms with Gasteiger partial charge in [0.2, 0.25) is 0 Å². The van der Waals surface area contributed by atoms with Crippen LogP contribution in [0.1, 0.15) is 41.3 Å². The third kappa shape index (κ3) is 4.88. The maximum Gasteiger partial charge on any atom is 0.287 e. The van der Waals surface area contributed by atoms with E-state index >= 15 is 0 Å². The first-order chi connectivity index (χ1) is 19.7. The van der Waals surface area contributed by atoms with Gasteiger partial charge in [-0.1, -0.05) is 24.3 Å². The van der Waals surface area contributed by atoms with Crippen LogP contribution in [0.3, 0.4) is 0 Å². The number of nitrogens with two attached hydrogens (primary N) is 1. The average Bonchev–Trinajstić information content (AvgIpc) is 3.60. The van der Waals surface area contributed by atoms with Gasteiger partial charge in [-0.15, -0.1) is 22.7 Å². The van der Waals surface area contributed by atoms with Crippen LogP contribution in [0.25, 0.3) is 21.3 Å². The number of aromatic nitrogens is 2. The highest BCUT2D eigenvalue weighted by molar-refractivity contribution is 7.20. The predicted octanol–water partition coefficient (Wildman–Crippen LogP) is 5.82. The standard InChI is InChI=1S/C31H30N6O2S2/c1-17-20(7-5-9-24(17)36(3)30(38)28-34-22-12-11-19(32)15-26(22)40-28)21-8-6-10-25(18(21)2)37(4)31(39)29-35-23-13-14-33-16-27(23)41-29/h5-12,15,33H,13-14,16,32H2,1-4H3. The lowest BCUT2D eigenvalue weighted by atomic mass is 9.94. The fraction of sp³-hybridized carbons (Fsp3) is 0.226. The molecule has 0 radical (unpaired) electrons. The number of nitrogen functional groups attached to an aromatic ring is 1. The normalized spacial score (nSPS) is 12.8. The number of carbonyl (C=O) groups is 2. The molecular weight excluding hydrogens is 553 g/mol. The van der Waals surface area contributed by atoms with Crippen LogP contribution < -0.4 is 20.9 Å². The average molecular weight is 583 g/mol. The minimum absolute atomic E-state index is 0.113. The van der Waals surface area contributed by atoms with Crippen molar-refractivity contribution < 1.29 is 9.59 Å². The molecular formula is C31H30N6O2S2. The molecule has 0 spiro atoms. The van der Waals surface area contributed by atoms with Crippen molar-refractivity contribution in [2.45, 2.75) is 26.8 Å². The van der Waals surface area contributed by atoms with E-state index < -0.39 is 0 Å². The first-order valence-corrected chi connectivity index (χ1v) is 15.0. The smallest absolute Gasteiger partial charge is 0.287 e. The molecule has 5 aromatic rings. The molecule has 10 heteroatoms. The van der Waals surface area contributed by atoms with Crippen LogP contribution in [-0.4, -0.2) is 42.4 Å². The van der Waals surface area contributed by atoms with Crippen molar-refractivity contribution >= 4 is 61.8 Å². The highest BCUT2D eigenvalue weighted by atomic mass is 32.1. The van der Waals surface area contributed by atoms with Gasteiger partial charge in [0.05, 0.1) is 15.9 Å². The summed E-state index contributed by atoms with van der Waals surface area (Å²) >= 11 is 2.81. The Labute approximate surface area is 246 Å². The summed E-state index contributed by atoms with van der Waals surface area (Å²) < 4.78 is 0.882. The molecule has 3 heterocycles. The maximum atomic E-state index is 13.5. The van der Waals surface area contributed by atoms with E-state index in [1.807, 2.05) is 56.3 Å². The molecule has 0 bridgehead atoms. The number of rotatable bonds is 5. The summed E-state index contributed by atoms with van der Waals surface area (Å²) in [6, 6.07) is 17.4. The van der Waals surface area contributed by atoms with E-state index in [0.717, 1.165) is 73.9 Å². The highest BCUT2D eigenvalue weighted by Crippen LogP contribution is 2.37. The molecule has 2 aromatic heterocycles. The molecule has 1 aliphatic rings. The van der Waals surface area contributed by atoms with Crippen molar-refractivity contribution in [1.29, 1.82) is 0 Å². The number of nitrogens with zero attached hydrogens (tertiary/aromatic N) is 4. The Morgan fingerprint density at radius 1 is 0.854 bits per heavy atom. The van der Waals surface area contributed by atoms with Gasteiger partial charge in [-0.2, -0.15) is 0 Å². The number of anilines is 3. The number of thiazole rings is 2. The molecule has 0 fully saturated rings. The third-order valence-electron chi connectivity index (χ3n) is 7.61. The molecule has 3 aromatic carbocycles. The Balaban J connectivity index is 1.31. The molecule has 0 unspecified atom stereocenters. The number of hydrogen-bond donors (Lipinski definition) is 2. The van der Waals surface area contributed by atoms with Gasteiger partial charge in [0, 0.05) is 55.5 Å². The fourth-order valence-corrected chi connectivity index (χ4v) is 7.36. The van der Waals surface area contributed by atoms with E-state index in [9.17, 15) is 9.59 Å². The largest absolute Gasteiger partial charge is 0.399 e. The van der Waals surface area contributed by atoms with Gasteiger partial charge in [0.15, 0.2) is 10.0 Å². The summed E-state index contributed by atoms with van der Waals surface area (Å²) in [7, 11) is 3.57. The molecule has 8 nitrogen and oxygen atoms in total. The minimum atomic E-state index is -0.179. The van der Waals surface area contributed by atoms with E-state index in [1.54, 1.807) is 30.0 Å². The van der Waals surface area contributed by atoms with Crippen molar-refractivity contribution in [3.63, 3.8) is 0 Å². The topological polar surface area (TPSA) is 104 Å². The molecule has 6 rings (SSSR count). The number of benzene rings is 3. The Morgan fingerprint density at radius 2 is 1.46 bits per heavy atom. The molecule has 0 saturated carbocycles. The van der Waals surface area contributed by atoms with Crippen LogP contribution in [0.15, 0.2) is 54.6 Å². The Hall–Kier alpha value is -4.12. The molecule has 208 valence electrons. The predicted molar refractivity (Wildman–Crippen MR) is 168 cm³/mol. The number of fused-ring (bicyclic) bond motifs is 2. The van der Waals surface area contributed by atoms with Crippen molar-refractivity contribution in [1.82, 2.24) is 15.3 Å². The molecule has 0 aliphatic carbocycles. The lowest BCUT2D eigenvalue weighted by molar-refractivity contribution is 0.0985. The van der Waals surface area contributed by atoms with Gasteiger partial charge in [-0.3, -0.25) is 9.59 Å². The molecule has 0 atom stereocenters. The zero-order valence-corrected chi connectivity index (χ0v) is 24.9. The first-order valence-electron chi connectivity index (χ1n) is 13.3. The summed E-state index contributed by atoms with van der Waals surface area (Å²) in [6.07, 6.45) is 0.845. The molecule has 0 saturated heterocycles. The number of hydrogen-bond acceptors (Lipinski definition) is 8. The summed E-state index contributed by atoms with van der Waals surface area (Å²) in [5.74, 6) is -0.291. The van der Waals surface area contributed by atoms with Crippen LogP contribution in [0.4, 0.5) is 17.1 Å².